The van der Waals surface area contributed by atoms with E-state index < -0.39 is 10.0 Å². The highest BCUT2D eigenvalue weighted by Crippen LogP contribution is 2.27. The Balaban J connectivity index is 1.79. The molecule has 0 radical (unpaired) electrons. The Morgan fingerprint density at radius 2 is 1.88 bits per heavy atom. The fourth-order valence-corrected chi connectivity index (χ4v) is 3.93. The Morgan fingerprint density at radius 3 is 2.56 bits per heavy atom. The molecule has 2 aromatic heterocycles. The van der Waals surface area contributed by atoms with Gasteiger partial charge in [-0.2, -0.15) is 0 Å². The number of piperidine rings is 1. The number of nitrogens with one attached hydrogen (secondary N) is 1. The first kappa shape index (κ1) is 17.7. The maximum atomic E-state index is 11.8. The lowest BCUT2D eigenvalue weighted by Crippen LogP contribution is -2.38. The third kappa shape index (κ3) is 4.49. The minimum absolute atomic E-state index is 0.0397. The zero-order valence-corrected chi connectivity index (χ0v) is 15.4. The van der Waals surface area contributed by atoms with Crippen molar-refractivity contribution in [3.05, 3.63) is 35.5 Å². The van der Waals surface area contributed by atoms with Gasteiger partial charge in [-0.3, -0.25) is 4.98 Å². The number of aromatic nitrogens is 4. The molecular formula is C16H22N6O2S. The minimum atomic E-state index is -3.19. The lowest BCUT2D eigenvalue weighted by Gasteiger charge is -2.30. The lowest BCUT2D eigenvalue weighted by molar-refractivity contribution is 0.314. The number of hydrogen-bond acceptors (Lipinski definition) is 7. The monoisotopic (exact) mass is 362 g/mol. The average Bonchev–Trinajstić information content (AvgIpc) is 2.53. The van der Waals surface area contributed by atoms with Crippen molar-refractivity contribution in [3.63, 3.8) is 0 Å². The van der Waals surface area contributed by atoms with Crippen LogP contribution in [0.1, 0.15) is 35.8 Å². The van der Waals surface area contributed by atoms with Crippen molar-refractivity contribution in [2.45, 2.75) is 32.6 Å². The summed E-state index contributed by atoms with van der Waals surface area (Å²) < 4.78 is 25.1. The molecule has 0 amide bonds. The molecule has 0 aromatic carbocycles. The predicted molar refractivity (Wildman–Crippen MR) is 95.2 cm³/mol. The van der Waals surface area contributed by atoms with Crippen molar-refractivity contribution in [1.82, 2.24) is 24.2 Å². The van der Waals surface area contributed by atoms with E-state index in [0.717, 1.165) is 29.9 Å². The fraction of sp³-hybridized carbons (Fsp3) is 0.500. The Hall–Kier alpha value is -2.13. The van der Waals surface area contributed by atoms with E-state index in [0.29, 0.717) is 24.9 Å². The van der Waals surface area contributed by atoms with Crippen molar-refractivity contribution < 1.29 is 8.42 Å². The highest BCUT2D eigenvalue weighted by Gasteiger charge is 2.27. The van der Waals surface area contributed by atoms with E-state index >= 15 is 0 Å². The average molecular weight is 362 g/mol. The normalized spacial score (nSPS) is 18.9. The van der Waals surface area contributed by atoms with Gasteiger partial charge in [0.05, 0.1) is 18.1 Å². The second-order valence-electron chi connectivity index (χ2n) is 6.39. The molecule has 3 heterocycles. The number of rotatable bonds is 4. The first-order chi connectivity index (χ1) is 11.8. The third-order valence-electron chi connectivity index (χ3n) is 4.15. The van der Waals surface area contributed by atoms with E-state index in [2.05, 4.69) is 25.3 Å². The van der Waals surface area contributed by atoms with Gasteiger partial charge >= 0.3 is 0 Å². The van der Waals surface area contributed by atoms with Gasteiger partial charge in [0.1, 0.15) is 0 Å². The van der Waals surface area contributed by atoms with Crippen LogP contribution >= 0.6 is 0 Å². The number of aryl methyl sites for hydroxylation is 2. The standard InChI is InChI=1S/C16H22N6O2S/c1-11-7-12(2)19-16(18-11)21-15-9-17-8-14(20-15)13-5-4-6-22(10-13)25(3,23)24/h7-9,13H,4-6,10H2,1-3H3,(H,18,19,20,21)/t13-/m0/s1. The summed E-state index contributed by atoms with van der Waals surface area (Å²) in [5, 5.41) is 3.08. The van der Waals surface area contributed by atoms with E-state index in [9.17, 15) is 8.42 Å². The molecule has 1 fully saturated rings. The van der Waals surface area contributed by atoms with Crippen LogP contribution in [0.5, 0.6) is 0 Å². The van der Waals surface area contributed by atoms with E-state index in [4.69, 9.17) is 0 Å². The zero-order chi connectivity index (χ0) is 18.0. The first-order valence-corrected chi connectivity index (χ1v) is 10.0. The predicted octanol–water partition coefficient (Wildman–Crippen LogP) is 1.77. The Kier molecular flexibility index (Phi) is 4.96. The molecule has 0 spiro atoms. The molecule has 9 heteroatoms. The summed E-state index contributed by atoms with van der Waals surface area (Å²) in [5.41, 5.74) is 2.52. The Bertz CT molecular complexity index is 850. The van der Waals surface area contributed by atoms with Gasteiger partial charge in [-0.05, 0) is 32.8 Å². The summed E-state index contributed by atoms with van der Waals surface area (Å²) in [6, 6.07) is 1.90. The van der Waals surface area contributed by atoms with Crippen molar-refractivity contribution in [3.8, 4) is 0 Å². The SMILES string of the molecule is Cc1cc(C)nc(Nc2cncc([C@H]3CCCN(S(C)(=O)=O)C3)n2)n1. The van der Waals surface area contributed by atoms with Gasteiger partial charge in [0, 0.05) is 36.6 Å². The van der Waals surface area contributed by atoms with Crippen LogP contribution < -0.4 is 5.32 Å². The topological polar surface area (TPSA) is 101 Å². The van der Waals surface area contributed by atoms with Crippen LogP contribution in [-0.4, -0.2) is 52.0 Å². The maximum absolute atomic E-state index is 11.8. The molecule has 2 aromatic rings. The second-order valence-corrected chi connectivity index (χ2v) is 8.37. The van der Waals surface area contributed by atoms with Gasteiger partial charge in [0.25, 0.3) is 0 Å². The molecular weight excluding hydrogens is 340 g/mol. The van der Waals surface area contributed by atoms with E-state index in [1.54, 1.807) is 12.4 Å². The van der Waals surface area contributed by atoms with E-state index in [1.165, 1.54) is 10.6 Å². The summed E-state index contributed by atoms with van der Waals surface area (Å²) in [6.07, 6.45) is 6.27. The first-order valence-electron chi connectivity index (χ1n) is 8.17. The number of hydrogen-bond donors (Lipinski definition) is 1. The van der Waals surface area contributed by atoms with Crippen LogP contribution in [0.3, 0.4) is 0 Å². The smallest absolute Gasteiger partial charge is 0.228 e. The van der Waals surface area contributed by atoms with Crippen LogP contribution in [0.25, 0.3) is 0 Å². The molecule has 1 atom stereocenters. The summed E-state index contributed by atoms with van der Waals surface area (Å²) in [6.45, 7) is 4.82. The van der Waals surface area contributed by atoms with E-state index in [1.807, 2.05) is 19.9 Å². The number of anilines is 2. The molecule has 0 bridgehead atoms. The van der Waals surface area contributed by atoms with Crippen molar-refractivity contribution in [2.75, 3.05) is 24.7 Å². The zero-order valence-electron chi connectivity index (χ0n) is 14.6. The molecule has 1 saturated heterocycles. The summed E-state index contributed by atoms with van der Waals surface area (Å²) >= 11 is 0. The molecule has 8 nitrogen and oxygen atoms in total. The Labute approximate surface area is 147 Å². The van der Waals surface area contributed by atoms with Crippen LogP contribution in [0.2, 0.25) is 0 Å². The highest BCUT2D eigenvalue weighted by molar-refractivity contribution is 7.88. The number of sulfonamides is 1. The minimum Gasteiger partial charge on any atom is -0.307 e. The second kappa shape index (κ2) is 7.01. The van der Waals surface area contributed by atoms with Gasteiger partial charge in [-0.25, -0.2) is 27.7 Å². The van der Waals surface area contributed by atoms with Crippen LogP contribution in [-0.2, 0) is 10.0 Å². The third-order valence-corrected chi connectivity index (χ3v) is 5.42. The quantitative estimate of drug-likeness (QED) is 0.884. The van der Waals surface area contributed by atoms with Crippen molar-refractivity contribution >= 4 is 21.8 Å². The van der Waals surface area contributed by atoms with Gasteiger partial charge in [-0.1, -0.05) is 0 Å². The molecule has 1 aliphatic rings. The molecule has 0 unspecified atom stereocenters. The molecule has 0 aliphatic carbocycles. The molecule has 1 aliphatic heterocycles. The largest absolute Gasteiger partial charge is 0.307 e. The highest BCUT2D eigenvalue weighted by atomic mass is 32.2. The van der Waals surface area contributed by atoms with Gasteiger partial charge in [0.2, 0.25) is 16.0 Å². The summed E-state index contributed by atoms with van der Waals surface area (Å²) in [7, 11) is -3.19. The molecule has 1 N–H and O–H groups in total. The molecule has 3 rings (SSSR count). The van der Waals surface area contributed by atoms with Crippen LogP contribution in [0.15, 0.2) is 18.5 Å². The van der Waals surface area contributed by atoms with E-state index in [-0.39, 0.29) is 5.92 Å². The Morgan fingerprint density at radius 1 is 1.16 bits per heavy atom. The van der Waals surface area contributed by atoms with Gasteiger partial charge < -0.3 is 5.32 Å². The van der Waals surface area contributed by atoms with Crippen LogP contribution in [0, 0.1) is 13.8 Å². The lowest BCUT2D eigenvalue weighted by atomic mass is 9.96. The number of nitrogens with zero attached hydrogens (tertiary/aromatic N) is 5. The molecule has 0 saturated carbocycles. The molecule has 25 heavy (non-hydrogen) atoms. The fourth-order valence-electron chi connectivity index (χ4n) is 3.02. The maximum Gasteiger partial charge on any atom is 0.228 e. The van der Waals surface area contributed by atoms with Crippen LogP contribution in [0.4, 0.5) is 11.8 Å². The van der Waals surface area contributed by atoms with Crippen molar-refractivity contribution in [1.29, 1.82) is 0 Å². The van der Waals surface area contributed by atoms with Gasteiger partial charge in [0.15, 0.2) is 5.82 Å². The summed E-state index contributed by atoms with van der Waals surface area (Å²) in [5.74, 6) is 1.07. The summed E-state index contributed by atoms with van der Waals surface area (Å²) in [4.78, 5) is 17.5. The van der Waals surface area contributed by atoms with Crippen molar-refractivity contribution in [2.24, 2.45) is 0 Å². The molecule has 134 valence electrons. The van der Waals surface area contributed by atoms with Gasteiger partial charge in [-0.15, -0.1) is 0 Å².